The lowest BCUT2D eigenvalue weighted by Crippen LogP contribution is -2.11. The number of fused-ring (bicyclic) bond motifs is 1. The Morgan fingerprint density at radius 1 is 0.960 bits per heavy atom. The second-order valence-corrected chi connectivity index (χ2v) is 6.91. The highest BCUT2D eigenvalue weighted by atomic mass is 32.1. The molecule has 1 aromatic heterocycles. The maximum absolute atomic E-state index is 12.5. The summed E-state index contributed by atoms with van der Waals surface area (Å²) in [5.74, 6) is -0.115. The van der Waals surface area contributed by atoms with Crippen LogP contribution in [0.3, 0.4) is 0 Å². The summed E-state index contributed by atoms with van der Waals surface area (Å²) in [6.07, 6.45) is 0. The Morgan fingerprint density at radius 2 is 1.72 bits per heavy atom. The van der Waals surface area contributed by atoms with Gasteiger partial charge in [-0.15, -0.1) is 11.3 Å². The molecule has 0 atom stereocenters. The van der Waals surface area contributed by atoms with Crippen LogP contribution in [0.25, 0.3) is 22.0 Å². The summed E-state index contributed by atoms with van der Waals surface area (Å²) in [5, 5.41) is 8.29. The third-order valence-electron chi connectivity index (χ3n) is 4.07. The van der Waals surface area contributed by atoms with Gasteiger partial charge in [-0.25, -0.2) is 4.98 Å². The van der Waals surface area contributed by atoms with Gasteiger partial charge in [0.2, 0.25) is 0 Å². The number of aryl methyl sites for hydroxylation is 1. The van der Waals surface area contributed by atoms with E-state index >= 15 is 0 Å². The largest absolute Gasteiger partial charge is 0.322 e. The Hall–Kier alpha value is -2.98. The first-order chi connectivity index (χ1) is 12.2. The Balaban J connectivity index is 1.53. The van der Waals surface area contributed by atoms with Crippen LogP contribution >= 0.6 is 11.3 Å². The number of nitrogens with zero attached hydrogens (tertiary/aromatic N) is 1. The number of aromatic nitrogens is 1. The molecule has 3 aromatic carbocycles. The van der Waals surface area contributed by atoms with Crippen molar-refractivity contribution in [1.29, 1.82) is 0 Å². The van der Waals surface area contributed by atoms with Gasteiger partial charge in [-0.2, -0.15) is 0 Å². The van der Waals surface area contributed by atoms with Crippen LogP contribution in [0.2, 0.25) is 0 Å². The van der Waals surface area contributed by atoms with Gasteiger partial charge in [-0.3, -0.25) is 4.79 Å². The maximum Gasteiger partial charge on any atom is 0.255 e. The molecule has 0 spiro atoms. The molecule has 0 aliphatic carbocycles. The molecule has 0 saturated carbocycles. The lowest BCUT2D eigenvalue weighted by Gasteiger charge is -2.07. The summed E-state index contributed by atoms with van der Waals surface area (Å²) in [7, 11) is 0. The molecule has 0 saturated heterocycles. The molecule has 25 heavy (non-hydrogen) atoms. The van der Waals surface area contributed by atoms with Crippen LogP contribution in [0, 0.1) is 6.92 Å². The minimum atomic E-state index is -0.115. The number of thiazole rings is 1. The third kappa shape index (κ3) is 3.30. The molecule has 4 heteroatoms. The first kappa shape index (κ1) is 15.5. The second-order valence-electron chi connectivity index (χ2n) is 5.85. The number of benzene rings is 3. The third-order valence-corrected chi connectivity index (χ3v) is 4.84. The molecular formula is C21H16N2OS. The van der Waals surface area contributed by atoms with E-state index in [0.717, 1.165) is 32.7 Å². The molecule has 0 fully saturated rings. The number of hydrogen-bond acceptors (Lipinski definition) is 3. The number of hydrogen-bond donors (Lipinski definition) is 1. The Morgan fingerprint density at radius 3 is 2.44 bits per heavy atom. The van der Waals surface area contributed by atoms with E-state index in [1.165, 1.54) is 0 Å². The first-order valence-electron chi connectivity index (χ1n) is 8.02. The van der Waals surface area contributed by atoms with Crippen LogP contribution in [0.4, 0.5) is 5.69 Å². The minimum absolute atomic E-state index is 0.115. The van der Waals surface area contributed by atoms with Crippen molar-refractivity contribution in [3.8, 4) is 11.3 Å². The molecule has 0 bridgehead atoms. The average Bonchev–Trinajstić information content (AvgIpc) is 3.08. The molecule has 122 valence electrons. The number of rotatable bonds is 3. The Kier molecular flexibility index (Phi) is 4.04. The number of carbonyl (C=O) groups excluding carboxylic acids is 1. The number of amides is 1. The zero-order valence-corrected chi connectivity index (χ0v) is 14.5. The van der Waals surface area contributed by atoms with E-state index in [2.05, 4.69) is 16.4 Å². The van der Waals surface area contributed by atoms with Crippen LogP contribution in [0.15, 0.2) is 72.1 Å². The van der Waals surface area contributed by atoms with Gasteiger partial charge in [0.1, 0.15) is 0 Å². The van der Waals surface area contributed by atoms with E-state index in [4.69, 9.17) is 0 Å². The molecule has 0 unspecified atom stereocenters. The summed E-state index contributed by atoms with van der Waals surface area (Å²) in [6.45, 7) is 1.99. The van der Waals surface area contributed by atoms with Crippen molar-refractivity contribution in [3.63, 3.8) is 0 Å². The molecule has 0 aliphatic rings. The fourth-order valence-electron chi connectivity index (χ4n) is 2.76. The summed E-state index contributed by atoms with van der Waals surface area (Å²) in [5.41, 5.74) is 3.39. The quantitative estimate of drug-likeness (QED) is 0.531. The van der Waals surface area contributed by atoms with E-state index in [9.17, 15) is 4.79 Å². The number of carbonyl (C=O) groups is 1. The SMILES string of the molecule is Cc1nc(-c2ccc(C(=O)Nc3ccc4ccccc4c3)cc2)cs1. The molecule has 0 aliphatic heterocycles. The van der Waals surface area contributed by atoms with Crippen LogP contribution in [-0.4, -0.2) is 10.9 Å². The normalized spacial score (nSPS) is 10.8. The van der Waals surface area contributed by atoms with Crippen LogP contribution in [-0.2, 0) is 0 Å². The zero-order chi connectivity index (χ0) is 17.2. The summed E-state index contributed by atoms with van der Waals surface area (Å²) in [6, 6.07) is 21.5. The monoisotopic (exact) mass is 344 g/mol. The fraction of sp³-hybridized carbons (Fsp3) is 0.0476. The highest BCUT2D eigenvalue weighted by Gasteiger charge is 2.08. The molecule has 4 aromatic rings. The fourth-order valence-corrected chi connectivity index (χ4v) is 3.38. The van der Waals surface area contributed by atoms with Crippen LogP contribution in [0.1, 0.15) is 15.4 Å². The van der Waals surface area contributed by atoms with Crippen molar-refractivity contribution in [2.45, 2.75) is 6.92 Å². The highest BCUT2D eigenvalue weighted by Crippen LogP contribution is 2.23. The van der Waals surface area contributed by atoms with E-state index < -0.39 is 0 Å². The van der Waals surface area contributed by atoms with Crippen LogP contribution in [0.5, 0.6) is 0 Å². The van der Waals surface area contributed by atoms with Crippen molar-refractivity contribution in [2.75, 3.05) is 5.32 Å². The smallest absolute Gasteiger partial charge is 0.255 e. The summed E-state index contributed by atoms with van der Waals surface area (Å²) >= 11 is 1.62. The minimum Gasteiger partial charge on any atom is -0.322 e. The molecule has 1 amide bonds. The Bertz CT molecular complexity index is 1050. The lowest BCUT2D eigenvalue weighted by atomic mass is 10.1. The van der Waals surface area contributed by atoms with Crippen molar-refractivity contribution in [1.82, 2.24) is 4.98 Å². The van der Waals surface area contributed by atoms with Gasteiger partial charge < -0.3 is 5.32 Å². The van der Waals surface area contributed by atoms with E-state index in [0.29, 0.717) is 5.56 Å². The predicted molar refractivity (Wildman–Crippen MR) is 104 cm³/mol. The van der Waals surface area contributed by atoms with E-state index in [-0.39, 0.29) is 5.91 Å². The van der Waals surface area contributed by atoms with Crippen molar-refractivity contribution in [3.05, 3.63) is 82.7 Å². The number of nitrogens with one attached hydrogen (secondary N) is 1. The first-order valence-corrected chi connectivity index (χ1v) is 8.90. The van der Waals surface area contributed by atoms with Gasteiger partial charge >= 0.3 is 0 Å². The number of anilines is 1. The molecule has 0 radical (unpaired) electrons. The van der Waals surface area contributed by atoms with Gasteiger partial charge in [-0.05, 0) is 42.0 Å². The van der Waals surface area contributed by atoms with Gasteiger partial charge in [-0.1, -0.05) is 42.5 Å². The highest BCUT2D eigenvalue weighted by molar-refractivity contribution is 7.09. The average molecular weight is 344 g/mol. The van der Waals surface area contributed by atoms with Crippen LogP contribution < -0.4 is 5.32 Å². The molecule has 3 nitrogen and oxygen atoms in total. The van der Waals surface area contributed by atoms with Crippen molar-refractivity contribution >= 4 is 33.7 Å². The van der Waals surface area contributed by atoms with Crippen molar-refractivity contribution in [2.24, 2.45) is 0 Å². The summed E-state index contributed by atoms with van der Waals surface area (Å²) < 4.78 is 0. The van der Waals surface area contributed by atoms with Gasteiger partial charge in [0.25, 0.3) is 5.91 Å². The van der Waals surface area contributed by atoms with Gasteiger partial charge in [0.15, 0.2) is 0 Å². The van der Waals surface area contributed by atoms with E-state index in [1.807, 2.05) is 73.0 Å². The summed E-state index contributed by atoms with van der Waals surface area (Å²) in [4.78, 5) is 16.9. The van der Waals surface area contributed by atoms with Gasteiger partial charge in [0, 0.05) is 22.2 Å². The second kappa shape index (κ2) is 6.49. The van der Waals surface area contributed by atoms with E-state index in [1.54, 1.807) is 11.3 Å². The molecule has 1 N–H and O–H groups in total. The molecular weight excluding hydrogens is 328 g/mol. The maximum atomic E-state index is 12.5. The predicted octanol–water partition coefficient (Wildman–Crippen LogP) is 5.52. The van der Waals surface area contributed by atoms with Crippen molar-refractivity contribution < 1.29 is 4.79 Å². The molecule has 1 heterocycles. The standard InChI is InChI=1S/C21H16N2OS/c1-14-22-20(13-25-14)16-6-8-17(9-7-16)21(24)23-19-11-10-15-4-2-3-5-18(15)12-19/h2-13H,1H3,(H,23,24). The Labute approximate surface area is 150 Å². The van der Waals surface area contributed by atoms with Gasteiger partial charge in [0.05, 0.1) is 10.7 Å². The zero-order valence-electron chi connectivity index (χ0n) is 13.7. The topological polar surface area (TPSA) is 42.0 Å². The lowest BCUT2D eigenvalue weighted by molar-refractivity contribution is 0.102. The molecule has 4 rings (SSSR count).